The molecule has 1 atom stereocenters. The van der Waals surface area contributed by atoms with Crippen LogP contribution in [0, 0.1) is 13.8 Å². The molecule has 0 fully saturated rings. The summed E-state index contributed by atoms with van der Waals surface area (Å²) < 4.78 is 22.1. The molecule has 0 spiro atoms. The summed E-state index contributed by atoms with van der Waals surface area (Å²) in [5, 5.41) is 10.0. The number of rotatable bonds is 15. The Hall–Kier alpha value is -4.99. The van der Waals surface area contributed by atoms with Crippen LogP contribution in [0.1, 0.15) is 11.1 Å². The standard InChI is InChI=1S/C35H40N6O4/c1-26-15-17-30(23-32(26)40-34(44-21-19-42-3)38-28-11-7-5-8-12-28)36-25-37-31-18-16-27(2)33(24-31)41-35(45-22-20-43-4)39-29-13-9-6-10-14-29/h5-18,23-24,34,38,40H,19-22H2,1-4H3,(H,39,41). The summed E-state index contributed by atoms with van der Waals surface area (Å²) >= 11 is 0. The number of amidine groups is 1. The average molecular weight is 609 g/mol. The Labute approximate surface area is 264 Å². The molecule has 4 rings (SSSR count). The normalized spacial score (nSPS) is 11.7. The molecule has 0 aromatic heterocycles. The first kappa shape index (κ1) is 32.9. The highest BCUT2D eigenvalue weighted by atomic mass is 16.5. The molecule has 0 aliphatic heterocycles. The Morgan fingerprint density at radius 3 is 2.00 bits per heavy atom. The highest BCUT2D eigenvalue weighted by molar-refractivity contribution is 5.91. The number of nitrogens with one attached hydrogen (secondary N) is 3. The summed E-state index contributed by atoms with van der Waals surface area (Å²) in [6.45, 7) is 5.70. The van der Waals surface area contributed by atoms with Gasteiger partial charge >= 0.3 is 0 Å². The van der Waals surface area contributed by atoms with E-state index in [1.165, 1.54) is 0 Å². The number of anilines is 3. The number of aliphatic imine (C=N–C) groups is 3. The van der Waals surface area contributed by atoms with Gasteiger partial charge in [-0.15, -0.1) is 0 Å². The van der Waals surface area contributed by atoms with Crippen LogP contribution in [0.2, 0.25) is 0 Å². The molecule has 10 nitrogen and oxygen atoms in total. The highest BCUT2D eigenvalue weighted by Crippen LogP contribution is 2.26. The van der Waals surface area contributed by atoms with E-state index in [2.05, 4.69) is 31.9 Å². The fourth-order valence-corrected chi connectivity index (χ4v) is 4.03. The molecule has 1 unspecified atom stereocenters. The van der Waals surface area contributed by atoms with E-state index in [1.54, 1.807) is 14.2 Å². The van der Waals surface area contributed by atoms with Crippen LogP contribution in [-0.4, -0.2) is 59.0 Å². The van der Waals surface area contributed by atoms with Gasteiger partial charge in [0.1, 0.15) is 12.6 Å². The second kappa shape index (κ2) is 18.0. The van der Waals surface area contributed by atoms with E-state index in [0.717, 1.165) is 28.2 Å². The van der Waals surface area contributed by atoms with Gasteiger partial charge in [-0.3, -0.25) is 0 Å². The van der Waals surface area contributed by atoms with Gasteiger partial charge in [-0.1, -0.05) is 48.5 Å². The van der Waals surface area contributed by atoms with E-state index in [0.29, 0.717) is 49.5 Å². The summed E-state index contributed by atoms with van der Waals surface area (Å²) in [4.78, 5) is 13.6. The topological polar surface area (TPSA) is 110 Å². The van der Waals surface area contributed by atoms with Crippen LogP contribution in [0.5, 0.6) is 0 Å². The Morgan fingerprint density at radius 2 is 1.31 bits per heavy atom. The molecule has 0 aliphatic carbocycles. The van der Waals surface area contributed by atoms with Crippen LogP contribution in [-0.2, 0) is 18.9 Å². The molecule has 0 bridgehead atoms. The molecule has 0 heterocycles. The van der Waals surface area contributed by atoms with E-state index in [1.807, 2.05) is 111 Å². The number of methoxy groups -OCH3 is 2. The van der Waals surface area contributed by atoms with Crippen LogP contribution in [0.4, 0.5) is 34.1 Å². The largest absolute Gasteiger partial charge is 0.462 e. The van der Waals surface area contributed by atoms with Crippen LogP contribution in [0.25, 0.3) is 0 Å². The lowest BCUT2D eigenvalue weighted by Crippen LogP contribution is -2.33. The minimum absolute atomic E-state index is 0.356. The van der Waals surface area contributed by atoms with Crippen LogP contribution in [0.15, 0.2) is 112 Å². The molecule has 234 valence electrons. The Kier molecular flexibility index (Phi) is 13.1. The monoisotopic (exact) mass is 608 g/mol. The van der Waals surface area contributed by atoms with Crippen LogP contribution in [0.3, 0.4) is 0 Å². The van der Waals surface area contributed by atoms with Crippen molar-refractivity contribution in [1.82, 2.24) is 0 Å². The van der Waals surface area contributed by atoms with Gasteiger partial charge in [-0.25, -0.2) is 0 Å². The molecule has 0 radical (unpaired) electrons. The molecule has 4 aromatic carbocycles. The number of hydrogen-bond donors (Lipinski definition) is 3. The zero-order chi connectivity index (χ0) is 31.7. The van der Waals surface area contributed by atoms with Gasteiger partial charge in [0, 0.05) is 31.3 Å². The average Bonchev–Trinajstić information content (AvgIpc) is 3.05. The predicted octanol–water partition coefficient (Wildman–Crippen LogP) is 7.67. The van der Waals surface area contributed by atoms with Gasteiger partial charge in [0.25, 0.3) is 6.02 Å². The van der Waals surface area contributed by atoms with E-state index in [-0.39, 0.29) is 0 Å². The maximum absolute atomic E-state index is 5.99. The molecule has 3 N–H and O–H groups in total. The Balaban J connectivity index is 1.51. The third kappa shape index (κ3) is 11.2. The van der Waals surface area contributed by atoms with Gasteiger partial charge in [-0.05, 0) is 73.5 Å². The van der Waals surface area contributed by atoms with E-state index >= 15 is 0 Å². The van der Waals surface area contributed by atoms with Crippen molar-refractivity contribution in [2.24, 2.45) is 15.0 Å². The van der Waals surface area contributed by atoms with Gasteiger partial charge in [0.15, 0.2) is 0 Å². The lowest BCUT2D eigenvalue weighted by molar-refractivity contribution is 0.0431. The second-order valence-corrected chi connectivity index (χ2v) is 9.94. The number of ether oxygens (including phenoxy) is 4. The number of para-hydroxylation sites is 2. The lowest BCUT2D eigenvalue weighted by atomic mass is 10.2. The quantitative estimate of drug-likeness (QED) is 0.0550. The van der Waals surface area contributed by atoms with E-state index in [9.17, 15) is 0 Å². The van der Waals surface area contributed by atoms with E-state index in [4.69, 9.17) is 23.9 Å². The van der Waals surface area contributed by atoms with Crippen molar-refractivity contribution in [2.45, 2.75) is 20.2 Å². The van der Waals surface area contributed by atoms with Crippen LogP contribution < -0.4 is 16.0 Å². The number of nitrogens with zero attached hydrogens (tertiary/aromatic N) is 3. The Morgan fingerprint density at radius 1 is 0.689 bits per heavy atom. The molecule has 0 aliphatic rings. The summed E-state index contributed by atoms with van der Waals surface area (Å²) in [5.41, 5.74) is 6.71. The van der Waals surface area contributed by atoms with Crippen molar-refractivity contribution >= 4 is 46.2 Å². The Bertz CT molecular complexity index is 1570. The van der Waals surface area contributed by atoms with Crippen molar-refractivity contribution in [3.8, 4) is 0 Å². The van der Waals surface area contributed by atoms with E-state index < -0.39 is 6.35 Å². The molecule has 45 heavy (non-hydrogen) atoms. The number of benzene rings is 4. The highest BCUT2D eigenvalue weighted by Gasteiger charge is 2.11. The third-order valence-corrected chi connectivity index (χ3v) is 6.48. The third-order valence-electron chi connectivity index (χ3n) is 6.48. The first-order valence-electron chi connectivity index (χ1n) is 14.6. The molecule has 0 amide bonds. The maximum Gasteiger partial charge on any atom is 0.294 e. The molecule has 0 saturated heterocycles. The summed E-state index contributed by atoms with van der Waals surface area (Å²) in [6.07, 6.45) is -0.486. The fraction of sp³-hybridized carbons (Fsp3) is 0.257. The minimum atomic E-state index is -0.486. The van der Waals surface area contributed by atoms with Gasteiger partial charge in [0.05, 0.1) is 36.9 Å². The van der Waals surface area contributed by atoms with Gasteiger partial charge in [-0.2, -0.15) is 15.0 Å². The number of aryl methyl sites for hydroxylation is 2. The van der Waals surface area contributed by atoms with Crippen molar-refractivity contribution < 1.29 is 18.9 Å². The second-order valence-electron chi connectivity index (χ2n) is 9.94. The maximum atomic E-state index is 5.99. The number of hydrogen-bond acceptors (Lipinski definition) is 9. The summed E-state index contributed by atoms with van der Waals surface area (Å²) in [6, 6.07) is 34.3. The van der Waals surface area contributed by atoms with Gasteiger partial charge in [0.2, 0.25) is 6.35 Å². The zero-order valence-electron chi connectivity index (χ0n) is 26.1. The lowest BCUT2D eigenvalue weighted by Gasteiger charge is -2.23. The van der Waals surface area contributed by atoms with Crippen molar-refractivity contribution in [3.05, 3.63) is 108 Å². The molecule has 10 heteroatoms. The van der Waals surface area contributed by atoms with Crippen molar-refractivity contribution in [3.63, 3.8) is 0 Å². The smallest absolute Gasteiger partial charge is 0.294 e. The summed E-state index contributed by atoms with van der Waals surface area (Å²) in [7, 11) is 3.28. The molecule has 0 saturated carbocycles. The first-order valence-corrected chi connectivity index (χ1v) is 14.6. The molecular weight excluding hydrogens is 568 g/mol. The van der Waals surface area contributed by atoms with Gasteiger partial charge < -0.3 is 34.9 Å². The fourth-order valence-electron chi connectivity index (χ4n) is 4.03. The van der Waals surface area contributed by atoms with Crippen LogP contribution >= 0.6 is 0 Å². The zero-order valence-corrected chi connectivity index (χ0v) is 26.1. The summed E-state index contributed by atoms with van der Waals surface area (Å²) in [5.74, 6) is 0. The predicted molar refractivity (Wildman–Crippen MR) is 182 cm³/mol. The molecular formula is C35H40N6O4. The minimum Gasteiger partial charge on any atom is -0.462 e. The van der Waals surface area contributed by atoms with Crippen molar-refractivity contribution in [1.29, 1.82) is 0 Å². The molecule has 4 aromatic rings. The van der Waals surface area contributed by atoms with Crippen molar-refractivity contribution in [2.75, 3.05) is 56.6 Å². The SMILES string of the molecule is COCCOC(=Nc1cc(N=C=Nc2ccc(C)c(NC(Nc3ccccc3)OCCOC)c2)ccc1C)Nc1ccccc1. The first-order chi connectivity index (χ1) is 22.0.